The van der Waals surface area contributed by atoms with Crippen LogP contribution in [0.2, 0.25) is 0 Å². The van der Waals surface area contributed by atoms with Crippen LogP contribution in [-0.2, 0) is 16.2 Å². The van der Waals surface area contributed by atoms with Gasteiger partial charge in [0.1, 0.15) is 0 Å². The highest BCUT2D eigenvalue weighted by atomic mass is 15.3. The van der Waals surface area contributed by atoms with E-state index in [1.165, 1.54) is 115 Å². The molecule has 1 saturated carbocycles. The summed E-state index contributed by atoms with van der Waals surface area (Å²) in [6.07, 6.45) is 5.02. The summed E-state index contributed by atoms with van der Waals surface area (Å²) in [4.78, 5) is 2.88. The molecule has 1 aromatic heterocycles. The number of para-hydroxylation sites is 1. The van der Waals surface area contributed by atoms with Gasteiger partial charge in [0.25, 0.3) is 6.71 Å². The van der Waals surface area contributed by atoms with Crippen LogP contribution in [0.5, 0.6) is 0 Å². The van der Waals surface area contributed by atoms with Gasteiger partial charge in [-0.1, -0.05) is 156 Å². The molecule has 4 heterocycles. The fraction of sp³-hybridized carbons (Fsp3) is 0.269. The second-order valence-electron chi connectivity index (χ2n) is 18.8. The number of aryl methyl sites for hydroxylation is 1. The molecule has 0 bridgehead atoms. The molecule has 0 spiro atoms. The number of nitrogens with zero attached hydrogens (tertiary/aromatic N) is 2. The first-order chi connectivity index (χ1) is 26.6. The topological polar surface area (TPSA) is 8.17 Å². The van der Waals surface area contributed by atoms with Crippen LogP contribution in [0.15, 0.2) is 127 Å². The van der Waals surface area contributed by atoms with Gasteiger partial charge in [0.2, 0.25) is 0 Å². The third-order valence-electron chi connectivity index (χ3n) is 15.2. The minimum absolute atomic E-state index is 0.00132. The van der Waals surface area contributed by atoms with E-state index in [1.807, 2.05) is 0 Å². The smallest absolute Gasteiger partial charge is 0.252 e. The van der Waals surface area contributed by atoms with E-state index in [-0.39, 0.29) is 23.1 Å². The zero-order valence-corrected chi connectivity index (χ0v) is 32.9. The maximum absolute atomic E-state index is 2.88. The van der Waals surface area contributed by atoms with E-state index in [0.29, 0.717) is 0 Å². The second kappa shape index (κ2) is 10.3. The molecule has 3 aliphatic heterocycles. The second-order valence-corrected chi connectivity index (χ2v) is 18.8. The molecular formula is C52H47BN2. The maximum Gasteiger partial charge on any atom is 0.252 e. The Bertz CT molecular complexity index is 2760. The molecule has 2 unspecified atom stereocenters. The van der Waals surface area contributed by atoms with Gasteiger partial charge in [-0.15, -0.1) is 0 Å². The molecule has 2 atom stereocenters. The molecule has 6 aromatic carbocycles. The number of rotatable bonds is 2. The van der Waals surface area contributed by atoms with Gasteiger partial charge in [0.05, 0.1) is 16.6 Å². The molecule has 0 amide bonds. The van der Waals surface area contributed by atoms with Gasteiger partial charge in [0.15, 0.2) is 0 Å². The lowest BCUT2D eigenvalue weighted by molar-refractivity contribution is 0.195. The Morgan fingerprint density at radius 1 is 0.655 bits per heavy atom. The Labute approximate surface area is 325 Å². The van der Waals surface area contributed by atoms with Crippen molar-refractivity contribution in [2.75, 3.05) is 4.90 Å². The Kier molecular flexibility index (Phi) is 6.00. The SMILES string of the molecule is Cc1cc2c3c(c1)-n1c4c(c5cccc(c51)B3c1cc(C(C)(C)C)cc3c1N2C1(C)CCCCC31C)C(c1ccccc1)(c1ccccc1)c1ccccc1-4. The molecule has 2 aliphatic carbocycles. The van der Waals surface area contributed by atoms with Gasteiger partial charge in [-0.05, 0) is 94.0 Å². The number of hydrogen-bond donors (Lipinski definition) is 0. The Balaban J connectivity index is 1.28. The lowest BCUT2D eigenvalue weighted by Gasteiger charge is -2.52. The van der Waals surface area contributed by atoms with Gasteiger partial charge >= 0.3 is 0 Å². The molecule has 7 aromatic rings. The lowest BCUT2D eigenvalue weighted by atomic mass is 9.33. The predicted molar refractivity (Wildman–Crippen MR) is 231 cm³/mol. The zero-order valence-electron chi connectivity index (χ0n) is 32.9. The van der Waals surface area contributed by atoms with Gasteiger partial charge in [0, 0.05) is 44.5 Å². The number of hydrogen-bond acceptors (Lipinski definition) is 1. The average molecular weight is 711 g/mol. The highest BCUT2D eigenvalue weighted by molar-refractivity contribution is 7.00. The Morgan fingerprint density at radius 3 is 2.05 bits per heavy atom. The first kappa shape index (κ1) is 32.0. The fourth-order valence-corrected chi connectivity index (χ4v) is 12.6. The van der Waals surface area contributed by atoms with Crippen molar-refractivity contribution in [2.45, 2.75) is 89.0 Å². The molecule has 0 radical (unpaired) electrons. The van der Waals surface area contributed by atoms with Crippen LogP contribution < -0.4 is 21.3 Å². The lowest BCUT2D eigenvalue weighted by Crippen LogP contribution is -2.64. The van der Waals surface area contributed by atoms with Crippen molar-refractivity contribution in [2.24, 2.45) is 0 Å². The van der Waals surface area contributed by atoms with Crippen LogP contribution >= 0.6 is 0 Å². The average Bonchev–Trinajstić information content (AvgIpc) is 3.77. The highest BCUT2D eigenvalue weighted by Gasteiger charge is 2.62. The number of aromatic nitrogens is 1. The summed E-state index contributed by atoms with van der Waals surface area (Å²) >= 11 is 0. The van der Waals surface area contributed by atoms with Crippen molar-refractivity contribution in [3.8, 4) is 16.9 Å². The van der Waals surface area contributed by atoms with Crippen molar-refractivity contribution in [3.05, 3.63) is 166 Å². The summed E-state index contributed by atoms with van der Waals surface area (Å²) in [7, 11) is 0. The van der Waals surface area contributed by atoms with Crippen LogP contribution in [0.4, 0.5) is 11.4 Å². The van der Waals surface area contributed by atoms with E-state index in [1.54, 1.807) is 5.56 Å². The van der Waals surface area contributed by atoms with E-state index in [2.05, 4.69) is 178 Å². The minimum Gasteiger partial charge on any atom is -0.335 e. The number of anilines is 2. The molecular weight excluding hydrogens is 663 g/mol. The van der Waals surface area contributed by atoms with Crippen LogP contribution in [0.3, 0.4) is 0 Å². The highest BCUT2D eigenvalue weighted by Crippen LogP contribution is 2.63. The summed E-state index contributed by atoms with van der Waals surface area (Å²) in [5.41, 5.74) is 22.2. The van der Waals surface area contributed by atoms with Gasteiger partial charge < -0.3 is 9.47 Å². The largest absolute Gasteiger partial charge is 0.335 e. The van der Waals surface area contributed by atoms with Gasteiger partial charge in [-0.3, -0.25) is 0 Å². The Morgan fingerprint density at radius 2 is 1.33 bits per heavy atom. The van der Waals surface area contributed by atoms with Crippen LogP contribution in [0, 0.1) is 6.92 Å². The van der Waals surface area contributed by atoms with Crippen molar-refractivity contribution in [1.29, 1.82) is 0 Å². The third kappa shape index (κ3) is 3.61. The van der Waals surface area contributed by atoms with Crippen molar-refractivity contribution < 1.29 is 0 Å². The van der Waals surface area contributed by atoms with Crippen LogP contribution in [0.1, 0.15) is 99.2 Å². The van der Waals surface area contributed by atoms with E-state index in [9.17, 15) is 0 Å². The van der Waals surface area contributed by atoms with Crippen molar-refractivity contribution in [3.63, 3.8) is 0 Å². The normalized spacial score (nSPS) is 21.9. The molecule has 0 saturated heterocycles. The zero-order chi connectivity index (χ0) is 37.2. The first-order valence-electron chi connectivity index (χ1n) is 20.6. The van der Waals surface area contributed by atoms with Crippen molar-refractivity contribution >= 4 is 45.4 Å². The molecule has 3 heteroatoms. The van der Waals surface area contributed by atoms with E-state index < -0.39 is 5.41 Å². The standard InChI is InChI=1S/C52H47BN2/c1-32-28-42-45-43(29-32)55-48-39(50(5)26-15-16-27-51(50,55)6)30-35(49(2,3)4)31-41(48)53(45)40-25-17-23-37-44-47(54(42)46(37)40)36-22-13-14-24-38(36)52(44,33-18-9-7-10-19-33)34-20-11-8-12-21-34/h7-14,17-25,28-31H,15-16,26-27H2,1-6H3. The maximum atomic E-state index is 2.88. The fourth-order valence-electron chi connectivity index (χ4n) is 12.6. The predicted octanol–water partition coefficient (Wildman–Crippen LogP) is 10.5. The minimum atomic E-state index is -0.469. The molecule has 268 valence electrons. The summed E-state index contributed by atoms with van der Waals surface area (Å²) < 4.78 is 2.73. The number of fused-ring (bicyclic) bond motifs is 12. The molecule has 5 aliphatic rings. The molecule has 55 heavy (non-hydrogen) atoms. The van der Waals surface area contributed by atoms with E-state index in [4.69, 9.17) is 0 Å². The monoisotopic (exact) mass is 710 g/mol. The first-order valence-corrected chi connectivity index (χ1v) is 20.6. The third-order valence-corrected chi connectivity index (χ3v) is 15.2. The summed E-state index contributed by atoms with van der Waals surface area (Å²) in [5.74, 6) is 0. The van der Waals surface area contributed by atoms with Gasteiger partial charge in [-0.2, -0.15) is 0 Å². The summed E-state index contributed by atoms with van der Waals surface area (Å²) in [6.45, 7) is 14.9. The molecule has 1 fully saturated rings. The summed E-state index contributed by atoms with van der Waals surface area (Å²) in [6, 6.07) is 49.5. The van der Waals surface area contributed by atoms with Crippen LogP contribution in [0.25, 0.3) is 27.8 Å². The number of benzene rings is 6. The molecule has 2 nitrogen and oxygen atoms in total. The Hall–Kier alpha value is -5.28. The van der Waals surface area contributed by atoms with Gasteiger partial charge in [-0.25, -0.2) is 0 Å². The van der Waals surface area contributed by atoms with Crippen molar-refractivity contribution in [1.82, 2.24) is 4.57 Å². The summed E-state index contributed by atoms with van der Waals surface area (Å²) in [5, 5.41) is 1.36. The van der Waals surface area contributed by atoms with E-state index >= 15 is 0 Å². The van der Waals surface area contributed by atoms with E-state index in [0.717, 1.165) is 0 Å². The molecule has 0 N–H and O–H groups in total. The van der Waals surface area contributed by atoms with Crippen LogP contribution in [-0.4, -0.2) is 16.8 Å². The molecule has 12 rings (SSSR count). The quantitative estimate of drug-likeness (QED) is 0.162.